The van der Waals surface area contributed by atoms with Gasteiger partial charge in [-0.2, -0.15) is 0 Å². The SMILES string of the molecule is CSc1ccc(CN(C)CC(=O)NCC(=O)Nc2cccc(C)c2C)cc1. The number of carbonyl (C=O) groups is 2. The molecule has 5 nitrogen and oxygen atoms in total. The van der Waals surface area contributed by atoms with Crippen LogP contribution < -0.4 is 10.6 Å². The minimum atomic E-state index is -0.229. The van der Waals surface area contributed by atoms with Gasteiger partial charge in [-0.15, -0.1) is 11.8 Å². The van der Waals surface area contributed by atoms with Crippen LogP contribution in [-0.4, -0.2) is 43.1 Å². The molecule has 0 aromatic heterocycles. The lowest BCUT2D eigenvalue weighted by atomic mass is 10.1. The molecule has 0 saturated carbocycles. The van der Waals surface area contributed by atoms with Crippen molar-refractivity contribution in [3.8, 4) is 0 Å². The molecule has 6 heteroatoms. The van der Waals surface area contributed by atoms with Gasteiger partial charge in [0.1, 0.15) is 0 Å². The maximum Gasteiger partial charge on any atom is 0.243 e. The molecule has 2 aromatic carbocycles. The molecule has 2 rings (SSSR count). The van der Waals surface area contributed by atoms with E-state index in [1.165, 1.54) is 4.90 Å². The minimum absolute atomic E-state index is 0.0392. The predicted molar refractivity (Wildman–Crippen MR) is 112 cm³/mol. The normalized spacial score (nSPS) is 10.7. The highest BCUT2D eigenvalue weighted by Crippen LogP contribution is 2.17. The molecule has 144 valence electrons. The van der Waals surface area contributed by atoms with E-state index in [0.717, 1.165) is 22.4 Å². The molecule has 0 aliphatic carbocycles. The molecule has 2 amide bonds. The Hall–Kier alpha value is -2.31. The van der Waals surface area contributed by atoms with Crippen LogP contribution in [0.2, 0.25) is 0 Å². The number of nitrogens with zero attached hydrogens (tertiary/aromatic N) is 1. The second-order valence-electron chi connectivity index (χ2n) is 6.59. The zero-order valence-corrected chi connectivity index (χ0v) is 17.2. The average Bonchev–Trinajstić information content (AvgIpc) is 2.64. The number of anilines is 1. The Labute approximate surface area is 165 Å². The predicted octanol–water partition coefficient (Wildman–Crippen LogP) is 3.21. The lowest BCUT2D eigenvalue weighted by Gasteiger charge is -2.16. The van der Waals surface area contributed by atoms with Gasteiger partial charge in [-0.25, -0.2) is 0 Å². The maximum absolute atomic E-state index is 12.1. The van der Waals surface area contributed by atoms with E-state index in [9.17, 15) is 9.59 Å². The van der Waals surface area contributed by atoms with Crippen LogP contribution in [0.25, 0.3) is 0 Å². The second kappa shape index (κ2) is 10.1. The van der Waals surface area contributed by atoms with Gasteiger partial charge in [-0.1, -0.05) is 24.3 Å². The van der Waals surface area contributed by atoms with Crippen molar-refractivity contribution in [1.29, 1.82) is 0 Å². The van der Waals surface area contributed by atoms with Crippen LogP contribution in [0.5, 0.6) is 0 Å². The van der Waals surface area contributed by atoms with Gasteiger partial charge in [-0.05, 0) is 62.0 Å². The summed E-state index contributed by atoms with van der Waals surface area (Å²) in [5.74, 6) is -0.401. The molecule has 0 fully saturated rings. The molecular formula is C21H27N3O2S. The number of hydrogen-bond donors (Lipinski definition) is 2. The van der Waals surface area contributed by atoms with E-state index in [1.54, 1.807) is 11.8 Å². The van der Waals surface area contributed by atoms with E-state index in [2.05, 4.69) is 34.9 Å². The molecule has 2 aromatic rings. The molecule has 2 N–H and O–H groups in total. The van der Waals surface area contributed by atoms with Gasteiger partial charge in [0, 0.05) is 17.1 Å². The number of rotatable bonds is 8. The Morgan fingerprint density at radius 2 is 1.74 bits per heavy atom. The molecule has 0 aliphatic heterocycles. The van der Waals surface area contributed by atoms with Crippen molar-refractivity contribution < 1.29 is 9.59 Å². The summed E-state index contributed by atoms with van der Waals surface area (Å²) in [5, 5.41) is 5.52. The zero-order valence-electron chi connectivity index (χ0n) is 16.3. The van der Waals surface area contributed by atoms with Gasteiger partial charge in [0.15, 0.2) is 0 Å². The Kier molecular flexibility index (Phi) is 7.88. The Morgan fingerprint density at radius 1 is 1.04 bits per heavy atom. The van der Waals surface area contributed by atoms with Gasteiger partial charge in [0.2, 0.25) is 11.8 Å². The molecule has 0 radical (unpaired) electrons. The van der Waals surface area contributed by atoms with Crippen LogP contribution in [0.3, 0.4) is 0 Å². The first-order chi connectivity index (χ1) is 12.9. The fourth-order valence-electron chi connectivity index (χ4n) is 2.66. The van der Waals surface area contributed by atoms with Gasteiger partial charge < -0.3 is 10.6 Å². The number of carbonyl (C=O) groups excluding carboxylic acids is 2. The largest absolute Gasteiger partial charge is 0.346 e. The van der Waals surface area contributed by atoms with Gasteiger partial charge in [0.25, 0.3) is 0 Å². The first-order valence-electron chi connectivity index (χ1n) is 8.83. The fraction of sp³-hybridized carbons (Fsp3) is 0.333. The van der Waals surface area contributed by atoms with Crippen molar-refractivity contribution >= 4 is 29.3 Å². The van der Waals surface area contributed by atoms with Gasteiger partial charge in [-0.3, -0.25) is 14.5 Å². The van der Waals surface area contributed by atoms with E-state index in [0.29, 0.717) is 6.54 Å². The third kappa shape index (κ3) is 6.73. The van der Waals surface area contributed by atoms with Crippen LogP contribution in [0.15, 0.2) is 47.4 Å². The van der Waals surface area contributed by atoms with Gasteiger partial charge in [0.05, 0.1) is 13.1 Å². The minimum Gasteiger partial charge on any atom is -0.346 e. The molecule has 0 atom stereocenters. The van der Waals surface area contributed by atoms with E-state index >= 15 is 0 Å². The smallest absolute Gasteiger partial charge is 0.243 e. The number of amides is 2. The maximum atomic E-state index is 12.1. The van der Waals surface area contributed by atoms with E-state index in [-0.39, 0.29) is 24.9 Å². The van der Waals surface area contributed by atoms with Crippen molar-refractivity contribution in [3.05, 3.63) is 59.2 Å². The average molecular weight is 386 g/mol. The summed E-state index contributed by atoms with van der Waals surface area (Å²) in [6.45, 7) is 4.84. The molecular weight excluding hydrogens is 358 g/mol. The second-order valence-corrected chi connectivity index (χ2v) is 7.47. The standard InChI is InChI=1S/C21H27N3O2S/c1-15-6-5-7-19(16(15)2)23-20(25)12-22-21(26)14-24(3)13-17-8-10-18(27-4)11-9-17/h5-11H,12-14H2,1-4H3,(H,22,26)(H,23,25). The summed E-state index contributed by atoms with van der Waals surface area (Å²) in [4.78, 5) is 27.3. The number of likely N-dealkylation sites (N-methyl/N-ethyl adjacent to an activating group) is 1. The van der Waals surface area contributed by atoms with Crippen LogP contribution >= 0.6 is 11.8 Å². The van der Waals surface area contributed by atoms with Crippen LogP contribution in [-0.2, 0) is 16.1 Å². The van der Waals surface area contributed by atoms with Crippen molar-refractivity contribution in [3.63, 3.8) is 0 Å². The lowest BCUT2D eigenvalue weighted by molar-refractivity contribution is -0.124. The first kappa shape index (κ1) is 21.0. The third-order valence-corrected chi connectivity index (χ3v) is 5.09. The zero-order chi connectivity index (χ0) is 19.8. The molecule has 0 aliphatic rings. The summed E-state index contributed by atoms with van der Waals surface area (Å²) < 4.78 is 0. The highest BCUT2D eigenvalue weighted by Gasteiger charge is 2.10. The Morgan fingerprint density at radius 3 is 2.41 bits per heavy atom. The van der Waals surface area contributed by atoms with E-state index in [4.69, 9.17) is 0 Å². The summed E-state index contributed by atoms with van der Waals surface area (Å²) in [6, 6.07) is 14.0. The van der Waals surface area contributed by atoms with Crippen molar-refractivity contribution in [1.82, 2.24) is 10.2 Å². The quantitative estimate of drug-likeness (QED) is 0.685. The number of benzene rings is 2. The Balaban J connectivity index is 1.75. The summed E-state index contributed by atoms with van der Waals surface area (Å²) in [5.41, 5.74) is 4.07. The topological polar surface area (TPSA) is 61.4 Å². The monoisotopic (exact) mass is 385 g/mol. The lowest BCUT2D eigenvalue weighted by Crippen LogP contribution is -2.39. The summed E-state index contributed by atoms with van der Waals surface area (Å²) >= 11 is 1.70. The fourth-order valence-corrected chi connectivity index (χ4v) is 3.07. The highest BCUT2D eigenvalue weighted by atomic mass is 32.2. The molecule has 0 bridgehead atoms. The van der Waals surface area contributed by atoms with Gasteiger partial charge >= 0.3 is 0 Å². The molecule has 0 saturated heterocycles. The number of nitrogens with one attached hydrogen (secondary N) is 2. The van der Waals surface area contributed by atoms with Crippen LogP contribution in [0.1, 0.15) is 16.7 Å². The first-order valence-corrected chi connectivity index (χ1v) is 10.1. The number of thioether (sulfide) groups is 1. The molecule has 27 heavy (non-hydrogen) atoms. The van der Waals surface area contributed by atoms with E-state index in [1.807, 2.05) is 50.2 Å². The van der Waals surface area contributed by atoms with Crippen molar-refractivity contribution in [2.24, 2.45) is 0 Å². The molecule has 0 unspecified atom stereocenters. The van der Waals surface area contributed by atoms with Crippen molar-refractivity contribution in [2.45, 2.75) is 25.3 Å². The molecule has 0 spiro atoms. The molecule has 0 heterocycles. The van der Waals surface area contributed by atoms with Crippen molar-refractivity contribution in [2.75, 3.05) is 31.7 Å². The number of aryl methyl sites for hydroxylation is 1. The van der Waals surface area contributed by atoms with Crippen LogP contribution in [0.4, 0.5) is 5.69 Å². The summed E-state index contributed by atoms with van der Waals surface area (Å²) in [6.07, 6.45) is 2.04. The van der Waals surface area contributed by atoms with Crippen LogP contribution in [0, 0.1) is 13.8 Å². The third-order valence-electron chi connectivity index (χ3n) is 4.35. The summed E-state index contributed by atoms with van der Waals surface area (Å²) in [7, 11) is 1.89. The Bertz CT molecular complexity index is 791. The highest BCUT2D eigenvalue weighted by molar-refractivity contribution is 7.98. The van der Waals surface area contributed by atoms with E-state index < -0.39 is 0 Å². The number of hydrogen-bond acceptors (Lipinski definition) is 4.